The Kier molecular flexibility index (Phi) is 1.15. The van der Waals surface area contributed by atoms with Crippen molar-refractivity contribution in [3.63, 3.8) is 0 Å². The zero-order chi connectivity index (χ0) is 7.68. The Balaban J connectivity index is 2.83. The van der Waals surface area contributed by atoms with Gasteiger partial charge in [0.05, 0.1) is 6.20 Å². The monoisotopic (exact) mass is 147 g/mol. The lowest BCUT2D eigenvalue weighted by Gasteiger charge is -1.92. The molecule has 11 heavy (non-hydrogen) atoms. The molecule has 5 heteroatoms. The maximum atomic E-state index is 5.31. The van der Waals surface area contributed by atoms with Gasteiger partial charge in [-0.2, -0.15) is 0 Å². The van der Waals surface area contributed by atoms with Gasteiger partial charge in [0.2, 0.25) is 5.95 Å². The first kappa shape index (κ1) is 5.96. The van der Waals surface area contributed by atoms with E-state index in [0.29, 0.717) is 11.0 Å². The van der Waals surface area contributed by atoms with Gasteiger partial charge in [-0.05, 0) is 6.07 Å². The highest BCUT2D eigenvalue weighted by Crippen LogP contribution is 2.04. The van der Waals surface area contributed by atoms with Crippen molar-refractivity contribution in [2.24, 2.45) is 0 Å². The Morgan fingerprint density at radius 3 is 3.00 bits per heavy atom. The molecule has 5 nitrogen and oxygen atoms in total. The molecule has 2 heterocycles. The number of nitrogens with zero attached hydrogens (tertiary/aromatic N) is 4. The first-order chi connectivity index (χ1) is 5.36. The van der Waals surface area contributed by atoms with Gasteiger partial charge in [-0.25, -0.2) is 4.98 Å². The fourth-order valence-electron chi connectivity index (χ4n) is 0.800. The maximum absolute atomic E-state index is 5.31. The first-order valence-electron chi connectivity index (χ1n) is 3.06. The third kappa shape index (κ3) is 0.958. The van der Waals surface area contributed by atoms with Crippen LogP contribution in [0.15, 0.2) is 18.5 Å². The zero-order valence-electron chi connectivity index (χ0n) is 5.60. The van der Waals surface area contributed by atoms with Crippen molar-refractivity contribution in [2.45, 2.75) is 0 Å². The van der Waals surface area contributed by atoms with Gasteiger partial charge in [0.1, 0.15) is 11.0 Å². The quantitative estimate of drug-likeness (QED) is 0.567. The maximum Gasteiger partial charge on any atom is 0.240 e. The van der Waals surface area contributed by atoms with Crippen molar-refractivity contribution in [1.82, 2.24) is 20.2 Å². The van der Waals surface area contributed by atoms with Gasteiger partial charge in [0.15, 0.2) is 0 Å². The van der Waals surface area contributed by atoms with Gasteiger partial charge in [0.25, 0.3) is 0 Å². The summed E-state index contributed by atoms with van der Waals surface area (Å²) in [5.41, 5.74) is 6.68. The first-order valence-corrected chi connectivity index (χ1v) is 3.06. The third-order valence-electron chi connectivity index (χ3n) is 1.27. The van der Waals surface area contributed by atoms with Gasteiger partial charge >= 0.3 is 0 Å². The highest BCUT2D eigenvalue weighted by atomic mass is 15.2. The number of hydrogen-bond donors (Lipinski definition) is 1. The highest BCUT2D eigenvalue weighted by Gasteiger charge is 1.95. The lowest BCUT2D eigenvalue weighted by molar-refractivity contribution is 1.03. The number of rotatable bonds is 0. The molecule has 0 saturated carbocycles. The summed E-state index contributed by atoms with van der Waals surface area (Å²) >= 11 is 0. The summed E-state index contributed by atoms with van der Waals surface area (Å²) in [5, 5.41) is 7.40. The second-order valence-electron chi connectivity index (χ2n) is 2.03. The van der Waals surface area contributed by atoms with E-state index in [4.69, 9.17) is 5.73 Å². The second-order valence-corrected chi connectivity index (χ2v) is 2.03. The molecule has 0 radical (unpaired) electrons. The number of fused-ring (bicyclic) bond motifs is 1. The van der Waals surface area contributed by atoms with Gasteiger partial charge in [0, 0.05) is 6.20 Å². The van der Waals surface area contributed by atoms with E-state index < -0.39 is 0 Å². The molecule has 2 N–H and O–H groups in total. The standard InChI is InChI=1S/C6H5N5/c7-6-9-5-3-8-2-1-4(5)10-11-6/h1-3H,(H2,7,9,11). The molecule has 0 aliphatic rings. The van der Waals surface area contributed by atoms with Crippen LogP contribution in [0.3, 0.4) is 0 Å². The van der Waals surface area contributed by atoms with Crippen molar-refractivity contribution < 1.29 is 0 Å². The zero-order valence-corrected chi connectivity index (χ0v) is 5.60. The van der Waals surface area contributed by atoms with E-state index in [1.165, 1.54) is 0 Å². The molecule has 0 atom stereocenters. The molecular weight excluding hydrogens is 142 g/mol. The minimum Gasteiger partial charge on any atom is -0.366 e. The molecule has 0 aliphatic heterocycles. The van der Waals surface area contributed by atoms with E-state index >= 15 is 0 Å². The highest BCUT2D eigenvalue weighted by molar-refractivity contribution is 5.72. The molecule has 2 aromatic heterocycles. The van der Waals surface area contributed by atoms with E-state index in [2.05, 4.69) is 20.2 Å². The van der Waals surface area contributed by atoms with Crippen LogP contribution in [0.5, 0.6) is 0 Å². The van der Waals surface area contributed by atoms with Crippen LogP contribution >= 0.6 is 0 Å². The summed E-state index contributed by atoms with van der Waals surface area (Å²) in [5.74, 6) is 0.172. The molecule has 0 aromatic carbocycles. The van der Waals surface area contributed by atoms with Gasteiger partial charge in [-0.1, -0.05) is 0 Å². The van der Waals surface area contributed by atoms with Gasteiger partial charge < -0.3 is 5.73 Å². The molecule has 2 aromatic rings. The lowest BCUT2D eigenvalue weighted by Crippen LogP contribution is -1.97. The summed E-state index contributed by atoms with van der Waals surface area (Å²) in [6.07, 6.45) is 3.23. The fraction of sp³-hybridized carbons (Fsp3) is 0. The summed E-state index contributed by atoms with van der Waals surface area (Å²) < 4.78 is 0. The molecule has 0 saturated heterocycles. The average molecular weight is 147 g/mol. The van der Waals surface area contributed by atoms with Crippen LogP contribution in [-0.4, -0.2) is 20.2 Å². The summed E-state index contributed by atoms with van der Waals surface area (Å²) in [4.78, 5) is 7.79. The van der Waals surface area contributed by atoms with Crippen molar-refractivity contribution in [2.75, 3.05) is 5.73 Å². The summed E-state index contributed by atoms with van der Waals surface area (Å²) in [6.45, 7) is 0. The molecule has 54 valence electrons. The van der Waals surface area contributed by atoms with Gasteiger partial charge in [-0.15, -0.1) is 10.2 Å². The summed E-state index contributed by atoms with van der Waals surface area (Å²) in [7, 11) is 0. The smallest absolute Gasteiger partial charge is 0.240 e. The third-order valence-corrected chi connectivity index (χ3v) is 1.27. The normalized spacial score (nSPS) is 10.2. The minimum absolute atomic E-state index is 0.172. The number of anilines is 1. The minimum atomic E-state index is 0.172. The van der Waals surface area contributed by atoms with Crippen molar-refractivity contribution in [1.29, 1.82) is 0 Å². The number of aromatic nitrogens is 4. The van der Waals surface area contributed by atoms with Crippen LogP contribution < -0.4 is 5.73 Å². The van der Waals surface area contributed by atoms with Crippen LogP contribution in [0.4, 0.5) is 5.95 Å². The fourth-order valence-corrected chi connectivity index (χ4v) is 0.800. The van der Waals surface area contributed by atoms with E-state index in [9.17, 15) is 0 Å². The van der Waals surface area contributed by atoms with E-state index in [1.807, 2.05) is 0 Å². The van der Waals surface area contributed by atoms with Crippen LogP contribution in [0.25, 0.3) is 11.0 Å². The molecule has 0 spiro atoms. The van der Waals surface area contributed by atoms with Crippen molar-refractivity contribution in [3.05, 3.63) is 18.5 Å². The molecule has 0 fully saturated rings. The largest absolute Gasteiger partial charge is 0.366 e. The topological polar surface area (TPSA) is 77.6 Å². The predicted octanol–water partition coefficient (Wildman–Crippen LogP) is 0.00200. The Bertz CT molecular complexity index is 385. The van der Waals surface area contributed by atoms with E-state index in [-0.39, 0.29) is 5.95 Å². The molecule has 2 rings (SSSR count). The molecule has 0 amide bonds. The van der Waals surface area contributed by atoms with Crippen LogP contribution in [0.1, 0.15) is 0 Å². The van der Waals surface area contributed by atoms with Crippen LogP contribution in [0.2, 0.25) is 0 Å². The van der Waals surface area contributed by atoms with Crippen molar-refractivity contribution in [3.8, 4) is 0 Å². The lowest BCUT2D eigenvalue weighted by atomic mass is 10.4. The Labute approximate surface area is 62.3 Å². The van der Waals surface area contributed by atoms with E-state index in [0.717, 1.165) is 0 Å². The van der Waals surface area contributed by atoms with E-state index in [1.54, 1.807) is 18.5 Å². The average Bonchev–Trinajstić information content (AvgIpc) is 2.04. The predicted molar refractivity (Wildman–Crippen MR) is 39.5 cm³/mol. The number of pyridine rings is 1. The number of nitrogen functional groups attached to an aromatic ring is 1. The molecule has 0 unspecified atom stereocenters. The van der Waals surface area contributed by atoms with Crippen LogP contribution in [0, 0.1) is 0 Å². The second kappa shape index (κ2) is 2.12. The molecule has 0 bridgehead atoms. The molecule has 0 aliphatic carbocycles. The van der Waals surface area contributed by atoms with Crippen LogP contribution in [-0.2, 0) is 0 Å². The Morgan fingerprint density at radius 1 is 1.18 bits per heavy atom. The SMILES string of the molecule is Nc1nnc2ccncc2n1. The Hall–Kier alpha value is -1.78. The number of nitrogens with two attached hydrogens (primary N) is 1. The Morgan fingerprint density at radius 2 is 2.09 bits per heavy atom. The van der Waals surface area contributed by atoms with Gasteiger partial charge in [-0.3, -0.25) is 4.98 Å². The number of hydrogen-bond acceptors (Lipinski definition) is 5. The molecular formula is C6H5N5. The summed E-state index contributed by atoms with van der Waals surface area (Å²) in [6, 6.07) is 1.73. The van der Waals surface area contributed by atoms with Crippen molar-refractivity contribution >= 4 is 17.0 Å².